The normalized spacial score (nSPS) is 11.6. The van der Waals surface area contributed by atoms with Gasteiger partial charge in [-0.25, -0.2) is 13.4 Å². The number of anilines is 1. The van der Waals surface area contributed by atoms with E-state index < -0.39 is 10.0 Å². The van der Waals surface area contributed by atoms with E-state index in [4.69, 9.17) is 4.74 Å². The number of ether oxygens (including phenoxy) is 1. The summed E-state index contributed by atoms with van der Waals surface area (Å²) in [5, 5.41) is 1.97. The number of thiazole rings is 1. The summed E-state index contributed by atoms with van der Waals surface area (Å²) in [4.78, 5) is 5.61. The van der Waals surface area contributed by atoms with Crippen molar-refractivity contribution in [3.63, 3.8) is 0 Å². The van der Waals surface area contributed by atoms with Gasteiger partial charge in [-0.15, -0.1) is 11.3 Å². The molecule has 0 aliphatic carbocycles. The molecule has 2 aromatic carbocycles. The van der Waals surface area contributed by atoms with Crippen LogP contribution < -0.4 is 9.46 Å². The van der Waals surface area contributed by atoms with Gasteiger partial charge in [0.25, 0.3) is 10.0 Å². The average molecular weight is 385 g/mol. The molecule has 4 rings (SSSR count). The van der Waals surface area contributed by atoms with Gasteiger partial charge < -0.3 is 4.74 Å². The van der Waals surface area contributed by atoms with Crippen LogP contribution in [0.1, 0.15) is 0 Å². The fourth-order valence-electron chi connectivity index (χ4n) is 2.56. The van der Waals surface area contributed by atoms with Gasteiger partial charge in [0, 0.05) is 35.1 Å². The number of hydrogen-bond donors (Lipinski definition) is 1. The third kappa shape index (κ3) is 3.16. The smallest absolute Gasteiger partial charge is 0.262 e. The monoisotopic (exact) mass is 385 g/mol. The van der Waals surface area contributed by atoms with Crippen molar-refractivity contribution < 1.29 is 13.2 Å². The minimum absolute atomic E-state index is 0.148. The summed E-state index contributed by atoms with van der Waals surface area (Å²) in [5.74, 6) is 0.489. The summed E-state index contributed by atoms with van der Waals surface area (Å²) < 4.78 is 34.7. The first-order valence-electron chi connectivity index (χ1n) is 7.75. The molecule has 6 nitrogen and oxygen atoms in total. The summed E-state index contributed by atoms with van der Waals surface area (Å²) >= 11 is 1.56. The molecule has 132 valence electrons. The number of rotatable bonds is 5. The maximum atomic E-state index is 12.5. The molecule has 0 bridgehead atoms. The van der Waals surface area contributed by atoms with Crippen molar-refractivity contribution >= 4 is 32.0 Å². The van der Waals surface area contributed by atoms with E-state index in [9.17, 15) is 8.42 Å². The van der Waals surface area contributed by atoms with Crippen molar-refractivity contribution in [1.29, 1.82) is 0 Å². The highest BCUT2D eigenvalue weighted by atomic mass is 32.2. The number of aromatic nitrogens is 2. The van der Waals surface area contributed by atoms with Gasteiger partial charge in [-0.3, -0.25) is 9.12 Å². The molecule has 26 heavy (non-hydrogen) atoms. The van der Waals surface area contributed by atoms with Crippen molar-refractivity contribution in [1.82, 2.24) is 9.38 Å². The van der Waals surface area contributed by atoms with E-state index in [1.807, 2.05) is 34.3 Å². The molecular formula is C18H15N3O3S2. The molecule has 0 aliphatic heterocycles. The second kappa shape index (κ2) is 6.47. The molecule has 0 aliphatic rings. The fourth-order valence-corrected chi connectivity index (χ4v) is 4.35. The Labute approximate surface area is 154 Å². The van der Waals surface area contributed by atoms with Crippen LogP contribution in [0, 0.1) is 0 Å². The standard InChI is InChI=1S/C18H15N3O3S2/c1-24-15-3-2-4-16(11-15)26(22,23)20-14-7-5-13(6-8-14)17-12-21-9-10-25-18(21)19-17/h2-12,20H,1H3. The van der Waals surface area contributed by atoms with Crippen LogP contribution in [-0.2, 0) is 10.0 Å². The van der Waals surface area contributed by atoms with E-state index >= 15 is 0 Å². The molecule has 0 unspecified atom stereocenters. The molecule has 0 fully saturated rings. The predicted molar refractivity (Wildman–Crippen MR) is 102 cm³/mol. The third-order valence-corrected chi connectivity index (χ3v) is 6.03. The number of nitrogens with zero attached hydrogens (tertiary/aromatic N) is 2. The Morgan fingerprint density at radius 3 is 2.69 bits per heavy atom. The van der Waals surface area contributed by atoms with Gasteiger partial charge in [0.15, 0.2) is 4.96 Å². The van der Waals surface area contributed by atoms with E-state index in [1.165, 1.54) is 19.2 Å². The van der Waals surface area contributed by atoms with E-state index in [0.717, 1.165) is 16.2 Å². The summed E-state index contributed by atoms with van der Waals surface area (Å²) in [5.41, 5.74) is 2.25. The topological polar surface area (TPSA) is 72.7 Å². The zero-order chi connectivity index (χ0) is 18.1. The number of nitrogens with one attached hydrogen (secondary N) is 1. The first kappa shape index (κ1) is 16.6. The molecular weight excluding hydrogens is 370 g/mol. The Kier molecular flexibility index (Phi) is 4.14. The Morgan fingerprint density at radius 2 is 1.96 bits per heavy atom. The fraction of sp³-hybridized carbons (Fsp3) is 0.0556. The van der Waals surface area contributed by atoms with Crippen LogP contribution in [-0.4, -0.2) is 24.9 Å². The Hall–Kier alpha value is -2.84. The molecule has 0 spiro atoms. The van der Waals surface area contributed by atoms with Crippen LogP contribution >= 0.6 is 11.3 Å². The van der Waals surface area contributed by atoms with Gasteiger partial charge in [-0.05, 0) is 24.3 Å². The zero-order valence-corrected chi connectivity index (χ0v) is 15.4. The average Bonchev–Trinajstić information content (AvgIpc) is 3.24. The van der Waals surface area contributed by atoms with Crippen LogP contribution in [0.5, 0.6) is 5.75 Å². The molecule has 0 saturated carbocycles. The molecule has 8 heteroatoms. The lowest BCUT2D eigenvalue weighted by Crippen LogP contribution is -2.12. The van der Waals surface area contributed by atoms with Crippen LogP contribution in [0.25, 0.3) is 16.2 Å². The number of imidazole rings is 1. The third-order valence-electron chi connectivity index (χ3n) is 3.88. The predicted octanol–water partition coefficient (Wildman–Crippen LogP) is 3.87. The Balaban J connectivity index is 1.57. The highest BCUT2D eigenvalue weighted by molar-refractivity contribution is 7.92. The van der Waals surface area contributed by atoms with E-state index in [2.05, 4.69) is 9.71 Å². The van der Waals surface area contributed by atoms with Gasteiger partial charge >= 0.3 is 0 Å². The highest BCUT2D eigenvalue weighted by Crippen LogP contribution is 2.25. The first-order chi connectivity index (χ1) is 12.5. The molecule has 2 heterocycles. The quantitative estimate of drug-likeness (QED) is 0.566. The van der Waals surface area contributed by atoms with Crippen LogP contribution in [0.15, 0.2) is 71.2 Å². The van der Waals surface area contributed by atoms with E-state index in [0.29, 0.717) is 11.4 Å². The number of sulfonamides is 1. The summed E-state index contributed by atoms with van der Waals surface area (Å²) in [6, 6.07) is 13.5. The van der Waals surface area contributed by atoms with Gasteiger partial charge in [0.05, 0.1) is 17.7 Å². The van der Waals surface area contributed by atoms with Gasteiger partial charge in [-0.2, -0.15) is 0 Å². The largest absolute Gasteiger partial charge is 0.497 e. The first-order valence-corrected chi connectivity index (χ1v) is 10.1. The van der Waals surface area contributed by atoms with Crippen LogP contribution in [0.2, 0.25) is 0 Å². The maximum Gasteiger partial charge on any atom is 0.262 e. The minimum Gasteiger partial charge on any atom is -0.497 e. The maximum absolute atomic E-state index is 12.5. The summed E-state index contributed by atoms with van der Waals surface area (Å²) in [6.07, 6.45) is 3.90. The highest BCUT2D eigenvalue weighted by Gasteiger charge is 2.15. The number of benzene rings is 2. The second-order valence-electron chi connectivity index (χ2n) is 5.58. The lowest BCUT2D eigenvalue weighted by molar-refractivity contribution is 0.413. The van der Waals surface area contributed by atoms with Gasteiger partial charge in [0.1, 0.15) is 5.75 Å². The minimum atomic E-state index is -3.68. The van der Waals surface area contributed by atoms with E-state index in [1.54, 1.807) is 35.6 Å². The van der Waals surface area contributed by atoms with E-state index in [-0.39, 0.29) is 4.90 Å². The molecule has 0 amide bonds. The Morgan fingerprint density at radius 1 is 1.15 bits per heavy atom. The van der Waals surface area contributed by atoms with Crippen molar-refractivity contribution in [2.45, 2.75) is 4.90 Å². The molecule has 0 atom stereocenters. The van der Waals surface area contributed by atoms with Crippen LogP contribution in [0.3, 0.4) is 0 Å². The number of hydrogen-bond acceptors (Lipinski definition) is 5. The lowest BCUT2D eigenvalue weighted by atomic mass is 10.1. The zero-order valence-electron chi connectivity index (χ0n) is 13.8. The summed E-state index contributed by atoms with van der Waals surface area (Å²) in [6.45, 7) is 0. The van der Waals surface area contributed by atoms with Gasteiger partial charge in [-0.1, -0.05) is 18.2 Å². The van der Waals surface area contributed by atoms with Crippen molar-refractivity contribution in [3.05, 3.63) is 66.3 Å². The van der Waals surface area contributed by atoms with Crippen LogP contribution in [0.4, 0.5) is 5.69 Å². The molecule has 0 saturated heterocycles. The summed E-state index contributed by atoms with van der Waals surface area (Å²) in [7, 11) is -2.19. The number of methoxy groups -OCH3 is 1. The molecule has 1 N–H and O–H groups in total. The molecule has 2 aromatic heterocycles. The Bertz CT molecular complexity index is 1130. The second-order valence-corrected chi connectivity index (χ2v) is 8.14. The van der Waals surface area contributed by atoms with Crippen molar-refractivity contribution in [2.75, 3.05) is 11.8 Å². The number of fused-ring (bicyclic) bond motifs is 1. The van der Waals surface area contributed by atoms with Crippen molar-refractivity contribution in [3.8, 4) is 17.0 Å². The molecule has 0 radical (unpaired) electrons. The van der Waals surface area contributed by atoms with Gasteiger partial charge in [0.2, 0.25) is 0 Å². The van der Waals surface area contributed by atoms with Crippen molar-refractivity contribution in [2.24, 2.45) is 0 Å². The molecule has 4 aromatic rings. The SMILES string of the molecule is COc1cccc(S(=O)(=O)Nc2ccc(-c3cn4ccsc4n3)cc2)c1. The lowest BCUT2D eigenvalue weighted by Gasteiger charge is -2.09.